The lowest BCUT2D eigenvalue weighted by Gasteiger charge is -2.32. The predicted molar refractivity (Wildman–Crippen MR) is 250 cm³/mol. The smallest absolute Gasteiger partial charge is 0.341 e. The summed E-state index contributed by atoms with van der Waals surface area (Å²) in [5.74, 6) is -4.11. The molecule has 67 heavy (non-hydrogen) atoms. The Balaban J connectivity index is 1.79. The highest BCUT2D eigenvalue weighted by atomic mass is 16.5. The molecule has 3 aromatic carbocycles. The van der Waals surface area contributed by atoms with Crippen molar-refractivity contribution in [1.29, 1.82) is 5.26 Å². The van der Waals surface area contributed by atoms with Gasteiger partial charge in [-0.3, -0.25) is 24.0 Å². The maximum absolute atomic E-state index is 14.7. The van der Waals surface area contributed by atoms with E-state index in [9.17, 15) is 33.9 Å². The molecule has 4 rings (SSSR count). The molecule has 0 spiro atoms. The Morgan fingerprint density at radius 3 is 2.18 bits per heavy atom. The number of carbonyl (C=O) groups is 6. The van der Waals surface area contributed by atoms with Crippen LogP contribution in [0.2, 0.25) is 0 Å². The van der Waals surface area contributed by atoms with Crippen molar-refractivity contribution in [2.75, 3.05) is 53.0 Å². The van der Waals surface area contributed by atoms with Crippen LogP contribution in [0.1, 0.15) is 91.9 Å². The van der Waals surface area contributed by atoms with Gasteiger partial charge in [-0.25, -0.2) is 4.79 Å². The van der Waals surface area contributed by atoms with Crippen LogP contribution < -0.4 is 52.7 Å². The van der Waals surface area contributed by atoms with Gasteiger partial charge in [0.2, 0.25) is 23.6 Å². The van der Waals surface area contributed by atoms with Crippen LogP contribution in [0.5, 0.6) is 17.2 Å². The largest absolute Gasteiger partial charge is 0.492 e. The number of hydrogen-bond donors (Lipinski definition) is 8. The van der Waals surface area contributed by atoms with E-state index >= 15 is 0 Å². The molecule has 1 aliphatic heterocycles. The summed E-state index contributed by atoms with van der Waals surface area (Å²) in [6.07, 6.45) is 7.07. The first-order chi connectivity index (χ1) is 32.3. The molecule has 19 heteroatoms. The Morgan fingerprint density at radius 1 is 0.851 bits per heavy atom. The topological polar surface area (TPSA) is 304 Å². The number of nitrogens with one attached hydrogen (secondary N) is 4. The van der Waals surface area contributed by atoms with Gasteiger partial charge in [0.05, 0.1) is 11.6 Å². The lowest BCUT2D eigenvalue weighted by molar-refractivity contribution is -0.141. The SMILES string of the molecule is CCCCCCCCc1ccc(C(=O)N[C@@H](CCN)C(=O)N(C)[C@@H]2C(=O)N[C@@H](C)C(=O)N[C@H](C(=O)NCC#N)Cc3ccc(OCCN)c(c3)-c3cc2ccc3OCCN)c(OCC(=O)O)c1. The third-order valence-corrected chi connectivity index (χ3v) is 11.1. The molecule has 0 radical (unpaired) electrons. The minimum atomic E-state index is -1.45. The number of aliphatic carboxylic acids is 1. The normalized spacial score (nSPS) is 16.2. The van der Waals surface area contributed by atoms with Crippen molar-refractivity contribution in [2.24, 2.45) is 17.2 Å². The van der Waals surface area contributed by atoms with Gasteiger partial charge in [0.25, 0.3) is 5.91 Å². The Hall–Kier alpha value is -6.75. The van der Waals surface area contributed by atoms with E-state index in [0.29, 0.717) is 34.6 Å². The number of carboxylic acids is 1. The van der Waals surface area contributed by atoms with Crippen LogP contribution in [0, 0.1) is 11.3 Å². The van der Waals surface area contributed by atoms with E-state index in [2.05, 4.69) is 28.2 Å². The molecule has 4 bridgehead atoms. The second-order valence-electron chi connectivity index (χ2n) is 16.2. The summed E-state index contributed by atoms with van der Waals surface area (Å²) >= 11 is 0. The maximum Gasteiger partial charge on any atom is 0.341 e. The number of unbranched alkanes of at least 4 members (excludes halogenated alkanes) is 5. The van der Waals surface area contributed by atoms with E-state index in [1.165, 1.54) is 26.5 Å². The Bertz CT molecular complexity index is 2230. The van der Waals surface area contributed by atoms with E-state index in [1.807, 2.05) is 6.07 Å². The number of nitrogens with zero attached hydrogens (tertiary/aromatic N) is 2. The van der Waals surface area contributed by atoms with E-state index in [0.717, 1.165) is 42.6 Å². The standard InChI is InChI=1S/C48H65N9O10/c1-4-5-6-7-8-9-10-31-11-14-34(41(27-31)67-29-42(58)59)45(61)55-37(17-18-49)48(64)57(3)43-33-13-16-40(66-24-21-52)36(28-33)35-25-32(12-15-39(35)65-23-20-51)26-38(46(62)53-22-19-50)56-44(60)30(2)54-47(43)63/h11-16,25,27-28,30,37-38,43H,4-10,17-18,20-24,26,29,49,51-52H2,1-3H3,(H,53,62)(H,54,63)(H,55,61)(H,56,60)(H,58,59)/t30-,37-,38-,43-/m0/s1. The number of nitrogens with two attached hydrogens (primary N) is 3. The van der Waals surface area contributed by atoms with Crippen LogP contribution in [-0.2, 0) is 36.8 Å². The summed E-state index contributed by atoms with van der Waals surface area (Å²) < 4.78 is 17.8. The molecule has 3 aromatic rings. The van der Waals surface area contributed by atoms with Gasteiger partial charge in [-0.2, -0.15) is 5.26 Å². The lowest BCUT2D eigenvalue weighted by atomic mass is 9.93. The number of rotatable bonds is 24. The highest BCUT2D eigenvalue weighted by Gasteiger charge is 2.36. The number of likely N-dealkylation sites (N-methyl/N-ethyl adjacent to an activating group) is 1. The van der Waals surface area contributed by atoms with Gasteiger partial charge in [0.1, 0.15) is 61.2 Å². The summed E-state index contributed by atoms with van der Waals surface area (Å²) in [6, 6.07) is 11.6. The first-order valence-corrected chi connectivity index (χ1v) is 22.7. The van der Waals surface area contributed by atoms with Crippen LogP contribution in [0.3, 0.4) is 0 Å². The van der Waals surface area contributed by atoms with Crippen LogP contribution >= 0.6 is 0 Å². The summed E-state index contributed by atoms with van der Waals surface area (Å²) in [5.41, 5.74) is 20.3. The average molecular weight is 928 g/mol. The van der Waals surface area contributed by atoms with Crippen LogP contribution in [0.25, 0.3) is 11.1 Å². The van der Waals surface area contributed by atoms with Gasteiger partial charge in [-0.05, 0) is 85.8 Å². The average Bonchev–Trinajstić information content (AvgIpc) is 3.31. The number of fused-ring (bicyclic) bond motifs is 5. The first kappa shape index (κ1) is 52.9. The fourth-order valence-electron chi connectivity index (χ4n) is 7.64. The molecular weight excluding hydrogens is 863 g/mol. The third kappa shape index (κ3) is 15.4. The minimum absolute atomic E-state index is 0.00630. The minimum Gasteiger partial charge on any atom is -0.492 e. The van der Waals surface area contributed by atoms with Gasteiger partial charge in [0.15, 0.2) is 6.61 Å². The zero-order valence-corrected chi connectivity index (χ0v) is 38.6. The van der Waals surface area contributed by atoms with Crippen LogP contribution in [0.15, 0.2) is 54.6 Å². The van der Waals surface area contributed by atoms with E-state index in [1.54, 1.807) is 48.5 Å². The fourth-order valence-corrected chi connectivity index (χ4v) is 7.64. The summed E-state index contributed by atoms with van der Waals surface area (Å²) in [5, 5.41) is 29.2. The predicted octanol–water partition coefficient (Wildman–Crippen LogP) is 2.23. The molecule has 1 aliphatic rings. The van der Waals surface area contributed by atoms with Crippen molar-refractivity contribution < 1.29 is 48.1 Å². The van der Waals surface area contributed by atoms with Gasteiger partial charge in [-0.15, -0.1) is 0 Å². The van der Waals surface area contributed by atoms with Crippen molar-refractivity contribution in [1.82, 2.24) is 26.2 Å². The molecule has 0 unspecified atom stereocenters. The Labute approximate surface area is 391 Å². The molecular formula is C48H65N9O10. The molecule has 0 fully saturated rings. The number of benzene rings is 3. The molecule has 19 nitrogen and oxygen atoms in total. The molecule has 0 aromatic heterocycles. The van der Waals surface area contributed by atoms with Crippen molar-refractivity contribution in [3.05, 3.63) is 76.9 Å². The van der Waals surface area contributed by atoms with Crippen molar-refractivity contribution in [2.45, 2.75) is 95.8 Å². The molecule has 1 heterocycles. The number of nitriles is 1. The van der Waals surface area contributed by atoms with Crippen molar-refractivity contribution in [3.8, 4) is 34.4 Å². The fraction of sp³-hybridized carbons (Fsp3) is 0.479. The second-order valence-corrected chi connectivity index (χ2v) is 16.2. The number of ether oxygens (including phenoxy) is 3. The van der Waals surface area contributed by atoms with Crippen LogP contribution in [-0.4, -0.2) is 117 Å². The maximum atomic E-state index is 14.7. The van der Waals surface area contributed by atoms with Crippen LogP contribution in [0.4, 0.5) is 0 Å². The third-order valence-electron chi connectivity index (χ3n) is 11.1. The van der Waals surface area contributed by atoms with E-state index < -0.39 is 66.3 Å². The highest BCUT2D eigenvalue weighted by Crippen LogP contribution is 2.40. The van der Waals surface area contributed by atoms with Crippen molar-refractivity contribution in [3.63, 3.8) is 0 Å². The number of amides is 5. The molecule has 5 amide bonds. The zero-order chi connectivity index (χ0) is 48.9. The molecule has 0 saturated carbocycles. The molecule has 362 valence electrons. The number of aryl methyl sites for hydroxylation is 1. The molecule has 4 atom stereocenters. The van der Waals surface area contributed by atoms with Gasteiger partial charge in [0, 0.05) is 37.7 Å². The molecule has 0 aliphatic carbocycles. The quantitative estimate of drug-likeness (QED) is 0.0472. The van der Waals surface area contributed by atoms with E-state index in [-0.39, 0.29) is 69.1 Å². The lowest BCUT2D eigenvalue weighted by Crippen LogP contribution is -2.56. The Morgan fingerprint density at radius 2 is 1.52 bits per heavy atom. The number of carbonyl (C=O) groups excluding carboxylic acids is 5. The highest BCUT2D eigenvalue weighted by molar-refractivity contribution is 6.01. The summed E-state index contributed by atoms with van der Waals surface area (Å²) in [6.45, 7) is 3.08. The molecule has 11 N–H and O–H groups in total. The Kier molecular flexibility index (Phi) is 21.3. The van der Waals surface area contributed by atoms with Gasteiger partial charge < -0.3 is 62.7 Å². The molecule has 0 saturated heterocycles. The zero-order valence-electron chi connectivity index (χ0n) is 38.6. The van der Waals surface area contributed by atoms with Gasteiger partial charge in [-0.1, -0.05) is 57.2 Å². The number of carboxylic acid groups (broad SMARTS) is 1. The van der Waals surface area contributed by atoms with Crippen molar-refractivity contribution >= 4 is 35.5 Å². The van der Waals surface area contributed by atoms with Gasteiger partial charge >= 0.3 is 5.97 Å². The van der Waals surface area contributed by atoms with E-state index in [4.69, 9.17) is 36.7 Å². The first-order valence-electron chi connectivity index (χ1n) is 22.7. The summed E-state index contributed by atoms with van der Waals surface area (Å²) in [7, 11) is 1.37. The monoisotopic (exact) mass is 927 g/mol. The number of hydrogen-bond acceptors (Lipinski definition) is 13. The summed E-state index contributed by atoms with van der Waals surface area (Å²) in [4.78, 5) is 83.1. The second kappa shape index (κ2) is 27.0.